The van der Waals surface area contributed by atoms with Crippen molar-refractivity contribution in [1.29, 1.82) is 0 Å². The maximum atomic E-state index is 11.4. The van der Waals surface area contributed by atoms with E-state index in [1.807, 2.05) is 13.8 Å². The first-order valence-corrected chi connectivity index (χ1v) is 7.47. The van der Waals surface area contributed by atoms with E-state index in [2.05, 4.69) is 26.1 Å². The van der Waals surface area contributed by atoms with Crippen LogP contribution in [0.3, 0.4) is 0 Å². The number of nitrogens with one attached hydrogen (secondary N) is 1. The van der Waals surface area contributed by atoms with E-state index in [0.717, 1.165) is 0 Å². The zero-order chi connectivity index (χ0) is 9.19. The first kappa shape index (κ1) is 11.0. The molecule has 1 saturated heterocycles. The van der Waals surface area contributed by atoms with E-state index in [1.165, 1.54) is 4.43 Å². The van der Waals surface area contributed by atoms with Crippen molar-refractivity contribution in [3.8, 4) is 0 Å². The van der Waals surface area contributed by atoms with Crippen LogP contribution in [-0.2, 0) is 9.53 Å². The minimum atomic E-state index is -0.369. The summed E-state index contributed by atoms with van der Waals surface area (Å²) in [5.74, 6) is -0.0909. The van der Waals surface area contributed by atoms with Gasteiger partial charge in [0.25, 0.3) is 0 Å². The molecule has 0 amide bonds. The second-order valence-corrected chi connectivity index (χ2v) is 7.25. The third kappa shape index (κ3) is 2.22. The van der Waals surface area contributed by atoms with E-state index < -0.39 is 0 Å². The van der Waals surface area contributed by atoms with Gasteiger partial charge in [0, 0.05) is 0 Å². The standard InChI is InChI=1S/C7H12I2NO2/c1-3-12-6(11)7(2,8)5-4-9-10-5/h5,10H,3-4H2,1-2H3/q-1. The van der Waals surface area contributed by atoms with Crippen LogP contribution in [0.2, 0.25) is 0 Å². The molecule has 0 spiro atoms. The zero-order valence-corrected chi connectivity index (χ0v) is 11.4. The molecule has 0 saturated carbocycles. The Balaban J connectivity index is 2.50. The Kier molecular flexibility index (Phi) is 4.03. The molecule has 1 heterocycles. The molecule has 12 heavy (non-hydrogen) atoms. The molecule has 1 fully saturated rings. The topological polar surface area (TPSA) is 38.3 Å². The van der Waals surface area contributed by atoms with Gasteiger partial charge < -0.3 is 0 Å². The van der Waals surface area contributed by atoms with Gasteiger partial charge in [0.2, 0.25) is 0 Å². The summed E-state index contributed by atoms with van der Waals surface area (Å²) in [6.07, 6.45) is 0. The molecule has 3 nitrogen and oxygen atoms in total. The van der Waals surface area contributed by atoms with Crippen molar-refractivity contribution in [2.75, 3.05) is 11.0 Å². The fraction of sp³-hybridized carbons (Fsp3) is 0.857. The summed E-state index contributed by atoms with van der Waals surface area (Å²) >= 11 is 2.37. The van der Waals surface area contributed by atoms with Crippen molar-refractivity contribution < 1.29 is 31.0 Å². The van der Waals surface area contributed by atoms with Crippen molar-refractivity contribution >= 4 is 28.6 Å². The molecule has 1 aliphatic heterocycles. The molecule has 0 radical (unpaired) electrons. The fourth-order valence-electron chi connectivity index (χ4n) is 0.816. The van der Waals surface area contributed by atoms with Crippen LogP contribution < -0.4 is 25.0 Å². The average molecular weight is 396 g/mol. The zero-order valence-electron chi connectivity index (χ0n) is 7.06. The van der Waals surface area contributed by atoms with Gasteiger partial charge in [-0.15, -0.1) is 0 Å². The number of esters is 1. The molecule has 0 aromatic rings. The van der Waals surface area contributed by atoms with Gasteiger partial charge in [-0.3, -0.25) is 0 Å². The van der Waals surface area contributed by atoms with E-state index in [4.69, 9.17) is 4.74 Å². The molecule has 0 aromatic heterocycles. The number of hydrogen-bond acceptors (Lipinski definition) is 3. The summed E-state index contributed by atoms with van der Waals surface area (Å²) in [5.41, 5.74) is 0. The van der Waals surface area contributed by atoms with Crippen molar-refractivity contribution in [3.63, 3.8) is 0 Å². The van der Waals surface area contributed by atoms with Gasteiger partial charge in [0.1, 0.15) is 0 Å². The Hall–Kier alpha value is 0.890. The molecule has 0 bridgehead atoms. The number of hydrogen-bond donors (Lipinski definition) is 1. The van der Waals surface area contributed by atoms with Crippen LogP contribution in [0.15, 0.2) is 0 Å². The predicted octanol–water partition coefficient (Wildman–Crippen LogP) is -2.28. The van der Waals surface area contributed by atoms with Crippen LogP contribution in [0.4, 0.5) is 0 Å². The van der Waals surface area contributed by atoms with E-state index in [1.54, 1.807) is 0 Å². The summed E-state index contributed by atoms with van der Waals surface area (Å²) in [5, 5.41) is 0. The summed E-state index contributed by atoms with van der Waals surface area (Å²) in [6, 6.07) is 0.338. The van der Waals surface area contributed by atoms with Crippen LogP contribution >= 0.6 is 22.6 Å². The summed E-state index contributed by atoms with van der Waals surface area (Å²) in [4.78, 5) is 11.4. The van der Waals surface area contributed by atoms with E-state index in [-0.39, 0.29) is 30.9 Å². The van der Waals surface area contributed by atoms with Crippen LogP contribution in [-0.4, -0.2) is 26.5 Å². The molecule has 72 valence electrons. The van der Waals surface area contributed by atoms with Crippen molar-refractivity contribution in [2.24, 2.45) is 0 Å². The van der Waals surface area contributed by atoms with Gasteiger partial charge in [-0.25, -0.2) is 0 Å². The normalized spacial score (nSPS) is 27.8. The molecular weight excluding hydrogens is 384 g/mol. The molecule has 5 heteroatoms. The Morgan fingerprint density at radius 1 is 1.92 bits per heavy atom. The number of rotatable bonds is 3. The van der Waals surface area contributed by atoms with Crippen molar-refractivity contribution in [1.82, 2.24) is 3.53 Å². The first-order valence-electron chi connectivity index (χ1n) is 3.78. The van der Waals surface area contributed by atoms with Crippen LogP contribution in [0.5, 0.6) is 0 Å². The molecule has 2 atom stereocenters. The molecule has 0 aromatic carbocycles. The molecular formula is C7H12I2NO2-. The minimum absolute atomic E-state index is 0.0909. The predicted molar refractivity (Wildman–Crippen MR) is 50.8 cm³/mol. The van der Waals surface area contributed by atoms with Crippen LogP contribution in [0.1, 0.15) is 13.8 Å². The summed E-state index contributed by atoms with van der Waals surface area (Å²) in [6.45, 7) is 4.25. The molecule has 2 unspecified atom stereocenters. The van der Waals surface area contributed by atoms with Gasteiger partial charge in [-0.2, -0.15) is 0 Å². The average Bonchev–Trinajstić information content (AvgIpc) is 1.82. The van der Waals surface area contributed by atoms with Crippen molar-refractivity contribution in [2.45, 2.75) is 23.3 Å². The number of carbonyl (C=O) groups is 1. The molecule has 1 aliphatic rings. The van der Waals surface area contributed by atoms with Gasteiger partial charge in [0.05, 0.1) is 0 Å². The molecule has 0 aliphatic carbocycles. The monoisotopic (exact) mass is 396 g/mol. The second-order valence-electron chi connectivity index (χ2n) is 2.75. The number of halogens is 2. The Bertz CT molecular complexity index is 180. The quantitative estimate of drug-likeness (QED) is 0.253. The third-order valence-corrected chi connectivity index (χ3v) is 5.47. The van der Waals surface area contributed by atoms with Gasteiger partial charge in [-0.1, -0.05) is 0 Å². The van der Waals surface area contributed by atoms with Crippen LogP contribution in [0, 0.1) is 0 Å². The van der Waals surface area contributed by atoms with E-state index in [9.17, 15) is 4.79 Å². The molecule has 1 N–H and O–H groups in total. The van der Waals surface area contributed by atoms with Crippen LogP contribution in [0.25, 0.3) is 0 Å². The first-order chi connectivity index (χ1) is 5.59. The Labute approximate surface area is 96.8 Å². The van der Waals surface area contributed by atoms with Gasteiger partial charge in [-0.05, 0) is 0 Å². The number of carbonyl (C=O) groups excluding carboxylic acids is 1. The van der Waals surface area contributed by atoms with E-state index >= 15 is 0 Å². The van der Waals surface area contributed by atoms with Gasteiger partial charge in [0.15, 0.2) is 0 Å². The second kappa shape index (κ2) is 4.41. The number of alkyl halides is 2. The number of ether oxygens (including phenoxy) is 1. The SMILES string of the molecule is CCOC(=O)C(C)(I)C1C[I-]N1. The van der Waals surface area contributed by atoms with Gasteiger partial charge >= 0.3 is 97.4 Å². The maximum absolute atomic E-state index is 11.4. The Morgan fingerprint density at radius 2 is 2.50 bits per heavy atom. The molecule has 1 rings (SSSR count). The van der Waals surface area contributed by atoms with E-state index in [0.29, 0.717) is 12.6 Å². The Morgan fingerprint density at radius 3 is 2.83 bits per heavy atom. The third-order valence-electron chi connectivity index (χ3n) is 1.77. The summed E-state index contributed by atoms with van der Waals surface area (Å²) < 4.78 is 9.12. The fourth-order valence-corrected chi connectivity index (χ4v) is 5.17. The van der Waals surface area contributed by atoms with Crippen molar-refractivity contribution in [3.05, 3.63) is 0 Å². The summed E-state index contributed by atoms with van der Waals surface area (Å²) in [7, 11) is 0.